The molecule has 4 unspecified atom stereocenters. The lowest BCUT2D eigenvalue weighted by atomic mass is 9.98. The molecule has 4 N–H and O–H groups in total. The van der Waals surface area contributed by atoms with Crippen LogP contribution in [0, 0.1) is 11.8 Å². The van der Waals surface area contributed by atoms with Gasteiger partial charge in [-0.05, 0) is 65.8 Å². The van der Waals surface area contributed by atoms with Crippen molar-refractivity contribution in [1.82, 2.24) is 10.6 Å². The van der Waals surface area contributed by atoms with Gasteiger partial charge in [-0.1, -0.05) is 107 Å². The fraction of sp³-hybridized carbons (Fsp3) is 0.439. The molecule has 0 saturated heterocycles. The maximum absolute atomic E-state index is 13.3. The number of ether oxygens (including phenoxy) is 4. The van der Waals surface area contributed by atoms with Crippen LogP contribution in [0.5, 0.6) is 0 Å². The Hall–Kier alpha value is -5.23. The number of carbonyl (C=O) groups is 5. The molecule has 0 heterocycles. The lowest BCUT2D eigenvalue weighted by molar-refractivity contribution is -0.170. The third kappa shape index (κ3) is 11.4. The first kappa shape index (κ1) is 40.5. The summed E-state index contributed by atoms with van der Waals surface area (Å²) in [4.78, 5) is 64.1. The van der Waals surface area contributed by atoms with E-state index in [-0.39, 0.29) is 28.4 Å². The highest BCUT2D eigenvalue weighted by atomic mass is 16.6. The van der Waals surface area contributed by atoms with Crippen LogP contribution in [0.2, 0.25) is 0 Å². The van der Waals surface area contributed by atoms with E-state index in [4.69, 9.17) is 24.7 Å². The van der Waals surface area contributed by atoms with Crippen molar-refractivity contribution in [2.24, 2.45) is 17.6 Å². The number of hydrogen-bond acceptors (Lipinski definition) is 10. The third-order valence-electron chi connectivity index (χ3n) is 9.03. The molecule has 1 aliphatic rings. The maximum Gasteiger partial charge on any atom is 0.407 e. The molecule has 4 rings (SSSR count). The van der Waals surface area contributed by atoms with E-state index >= 15 is 0 Å². The van der Waals surface area contributed by atoms with Crippen LogP contribution < -0.4 is 16.4 Å². The smallest absolute Gasteiger partial charge is 0.407 e. The summed E-state index contributed by atoms with van der Waals surface area (Å²) >= 11 is 0. The number of nitrogens with two attached hydrogens (primary N) is 1. The second-order valence-electron chi connectivity index (χ2n) is 13.9. The number of alkyl carbamates (subject to hydrolysis) is 1. The minimum atomic E-state index is -1.23. The van der Waals surface area contributed by atoms with Gasteiger partial charge in [-0.3, -0.25) is 9.59 Å². The van der Waals surface area contributed by atoms with Gasteiger partial charge in [0.1, 0.15) is 25.3 Å². The van der Waals surface area contributed by atoms with Gasteiger partial charge in [0, 0.05) is 15.3 Å². The second kappa shape index (κ2) is 19.6. The Bertz CT molecular complexity index is 1680. The van der Waals surface area contributed by atoms with Crippen molar-refractivity contribution in [3.63, 3.8) is 0 Å². The number of amides is 2. The highest BCUT2D eigenvalue weighted by Gasteiger charge is 2.35. The Balaban J connectivity index is 0.00000523. The molecule has 0 spiro atoms. The minimum Gasteiger partial charge on any atom is -0.458 e. The molecule has 0 aliphatic heterocycles. The summed E-state index contributed by atoms with van der Waals surface area (Å²) in [5.41, 5.74) is 11.5. The summed E-state index contributed by atoms with van der Waals surface area (Å²) in [6.07, 6.45) is -1.67. The predicted octanol–water partition coefficient (Wildman–Crippen LogP) is 5.90. The molecule has 0 fully saturated rings. The van der Waals surface area contributed by atoms with Crippen molar-refractivity contribution in [3.8, 4) is 11.1 Å². The predicted molar refractivity (Wildman–Crippen MR) is 202 cm³/mol. The van der Waals surface area contributed by atoms with E-state index in [1.54, 1.807) is 39.8 Å². The summed E-state index contributed by atoms with van der Waals surface area (Å²) in [5, 5.41) is 5.37. The lowest BCUT2D eigenvalue weighted by Crippen LogP contribution is -2.52. The second-order valence-corrected chi connectivity index (χ2v) is 13.9. The Morgan fingerprint density at radius 2 is 1.32 bits per heavy atom. The lowest BCUT2D eigenvalue weighted by Gasteiger charge is -2.27. The summed E-state index contributed by atoms with van der Waals surface area (Å²) < 4.78 is 21.7. The number of fused-ring (bicyclic) bond motifs is 3. The number of rotatable bonds is 18. The molecule has 3 aromatic carbocycles. The first-order valence-corrected chi connectivity index (χ1v) is 18.1. The van der Waals surface area contributed by atoms with Gasteiger partial charge in [-0.2, -0.15) is 0 Å². The van der Waals surface area contributed by atoms with Gasteiger partial charge < -0.3 is 35.3 Å². The molecule has 0 saturated carbocycles. The van der Waals surface area contributed by atoms with E-state index in [2.05, 4.69) is 34.9 Å². The van der Waals surface area contributed by atoms with E-state index < -0.39 is 66.0 Å². The Morgan fingerprint density at radius 3 is 1.92 bits per heavy atom. The zero-order valence-electron chi connectivity index (χ0n) is 31.0. The van der Waals surface area contributed by atoms with Gasteiger partial charge in [0.05, 0.1) is 0 Å². The van der Waals surface area contributed by atoms with Gasteiger partial charge in [0.25, 0.3) is 5.91 Å². The zero-order valence-corrected chi connectivity index (χ0v) is 31.0. The number of hydrogen-bond donors (Lipinski definition) is 3. The Kier molecular flexibility index (Phi) is 15.0. The molecule has 1 aliphatic carbocycles. The van der Waals surface area contributed by atoms with Crippen molar-refractivity contribution >= 4 is 29.9 Å². The van der Waals surface area contributed by atoms with Crippen molar-refractivity contribution in [2.75, 3.05) is 13.2 Å². The molecule has 0 aromatic heterocycles. The third-order valence-corrected chi connectivity index (χ3v) is 9.03. The average molecular weight is 736 g/mol. The minimum absolute atomic E-state index is 0. The topological polar surface area (TPSA) is 172 Å². The molecule has 0 bridgehead atoms. The number of carbonyl (C=O) groups excluding carboxylic acids is 5. The fourth-order valence-electron chi connectivity index (χ4n) is 6.03. The molecular weight excluding hydrogens is 678 g/mol. The highest BCUT2D eigenvalue weighted by molar-refractivity contribution is 5.90. The van der Waals surface area contributed by atoms with E-state index in [0.717, 1.165) is 27.8 Å². The van der Waals surface area contributed by atoms with Gasteiger partial charge in [0.2, 0.25) is 0 Å². The van der Waals surface area contributed by atoms with Crippen LogP contribution >= 0.6 is 0 Å². The SMILES string of the molecule is CC(OC(=O)C(NC(=O)C(OC(=O)C(N)CCCCNC(=O)OCC1c2ccccc2-c2ccccc21)C(C)C)C(C)C)C(=O)OCc1ccccc1.[2HH].[2HH]. The van der Waals surface area contributed by atoms with Crippen LogP contribution in [0.3, 0.4) is 0 Å². The number of unbranched alkanes of at least 4 members (excludes halogenated alkanes) is 1. The maximum atomic E-state index is 13.3. The molecular formula is C41H55N3O9. The Labute approximate surface area is 314 Å². The summed E-state index contributed by atoms with van der Waals surface area (Å²) in [7, 11) is 0. The van der Waals surface area contributed by atoms with Crippen molar-refractivity contribution in [1.29, 1.82) is 0 Å². The summed E-state index contributed by atoms with van der Waals surface area (Å²) in [5.74, 6) is -3.90. The van der Waals surface area contributed by atoms with Gasteiger partial charge in [-0.15, -0.1) is 0 Å². The van der Waals surface area contributed by atoms with Crippen molar-refractivity contribution in [3.05, 3.63) is 95.6 Å². The number of esters is 3. The zero-order chi connectivity index (χ0) is 38.5. The molecule has 12 nitrogen and oxygen atoms in total. The van der Waals surface area contributed by atoms with Crippen LogP contribution in [0.15, 0.2) is 78.9 Å². The molecule has 4 atom stereocenters. The molecule has 2 amide bonds. The van der Waals surface area contributed by atoms with E-state index in [0.29, 0.717) is 19.4 Å². The van der Waals surface area contributed by atoms with Crippen molar-refractivity contribution in [2.45, 2.75) is 90.7 Å². The summed E-state index contributed by atoms with van der Waals surface area (Å²) in [6, 6.07) is 23.2. The van der Waals surface area contributed by atoms with Gasteiger partial charge in [0.15, 0.2) is 12.2 Å². The number of benzene rings is 3. The van der Waals surface area contributed by atoms with Crippen molar-refractivity contribution < 1.29 is 45.8 Å². The average Bonchev–Trinajstić information content (AvgIpc) is 3.47. The van der Waals surface area contributed by atoms with E-state index in [9.17, 15) is 24.0 Å². The van der Waals surface area contributed by atoms with Gasteiger partial charge in [-0.25, -0.2) is 14.4 Å². The van der Waals surface area contributed by atoms with Crippen LogP contribution in [0.25, 0.3) is 11.1 Å². The molecule has 0 radical (unpaired) electrons. The standard InChI is InChI=1S/C41H51N3O9.2H2/c1-25(2)35(40(48)52-27(5)38(46)50-23-28-15-7-6-8-16-28)44-37(45)36(26(3)4)53-39(47)34(42)21-13-14-22-43-41(49)51-24-33-31-19-11-9-17-29(31)30-18-10-12-20-32(30)33;;/h6-12,15-20,25-27,33-36H,13-14,21-24,42H2,1-5H3,(H,43,49)(H,44,45);2*1H/i;2*1+1. The summed E-state index contributed by atoms with van der Waals surface area (Å²) in [6.45, 7) is 8.76. The van der Waals surface area contributed by atoms with Crippen LogP contribution in [-0.4, -0.2) is 67.4 Å². The first-order valence-electron chi connectivity index (χ1n) is 18.1. The van der Waals surface area contributed by atoms with E-state index in [1.807, 2.05) is 42.5 Å². The largest absolute Gasteiger partial charge is 0.458 e. The van der Waals surface area contributed by atoms with Crippen LogP contribution in [0.4, 0.5) is 4.79 Å². The molecule has 288 valence electrons. The van der Waals surface area contributed by atoms with Crippen LogP contribution in [-0.2, 0) is 44.7 Å². The Morgan fingerprint density at radius 1 is 0.717 bits per heavy atom. The number of nitrogens with one attached hydrogen (secondary N) is 2. The normalized spacial score (nSPS) is 14.3. The monoisotopic (exact) mass is 735 g/mol. The molecule has 53 heavy (non-hydrogen) atoms. The van der Waals surface area contributed by atoms with Crippen LogP contribution in [0.1, 0.15) is 79.3 Å². The molecule has 3 aromatic rings. The van der Waals surface area contributed by atoms with E-state index in [1.165, 1.54) is 6.92 Å². The quantitative estimate of drug-likeness (QED) is 0.0812. The van der Waals surface area contributed by atoms with Gasteiger partial charge >= 0.3 is 24.0 Å². The fourth-order valence-corrected chi connectivity index (χ4v) is 6.03. The molecule has 12 heteroatoms. The highest BCUT2D eigenvalue weighted by Crippen LogP contribution is 2.44. The first-order chi connectivity index (χ1) is 25.4.